The zero-order valence-electron chi connectivity index (χ0n) is 12.0. The number of aryl methyl sites for hydroxylation is 1. The lowest BCUT2D eigenvalue weighted by atomic mass is 9.75. The third-order valence-electron chi connectivity index (χ3n) is 4.19. The van der Waals surface area contributed by atoms with Crippen LogP contribution in [0.25, 0.3) is 10.2 Å². The molecule has 1 N–H and O–H groups in total. The standard InChI is InChI=1S/C15H19ClN2OS/c1-4-8(16)12-17-13(19)10-11-9(20-14(10)18-12)6-5-7-15(11,2)3/h8H,4-7H2,1-3H3,(H,17,18,19). The average molecular weight is 311 g/mol. The summed E-state index contributed by atoms with van der Waals surface area (Å²) in [6.07, 6.45) is 4.13. The third kappa shape index (κ3) is 2.09. The number of rotatable bonds is 2. The second kappa shape index (κ2) is 4.85. The van der Waals surface area contributed by atoms with Crippen LogP contribution in [0.15, 0.2) is 4.79 Å². The van der Waals surface area contributed by atoms with Crippen molar-refractivity contribution < 1.29 is 0 Å². The number of nitrogens with zero attached hydrogens (tertiary/aromatic N) is 1. The summed E-state index contributed by atoms with van der Waals surface area (Å²) in [4.78, 5) is 22.2. The molecule has 1 atom stereocenters. The van der Waals surface area contributed by atoms with Gasteiger partial charge in [-0.3, -0.25) is 4.79 Å². The molecule has 0 saturated heterocycles. The van der Waals surface area contributed by atoms with Crippen LogP contribution in [0.2, 0.25) is 0 Å². The Balaban J connectivity index is 2.29. The Morgan fingerprint density at radius 1 is 1.50 bits per heavy atom. The Hall–Kier alpha value is -0.870. The highest BCUT2D eigenvalue weighted by atomic mass is 35.5. The minimum absolute atomic E-state index is 0.0309. The highest BCUT2D eigenvalue weighted by Gasteiger charge is 2.33. The van der Waals surface area contributed by atoms with Crippen molar-refractivity contribution in [3.05, 3.63) is 26.6 Å². The van der Waals surface area contributed by atoms with Crippen molar-refractivity contribution >= 4 is 33.2 Å². The molecule has 0 radical (unpaired) electrons. The van der Waals surface area contributed by atoms with Gasteiger partial charge in [-0.05, 0) is 36.7 Å². The fraction of sp³-hybridized carbons (Fsp3) is 0.600. The van der Waals surface area contributed by atoms with E-state index in [9.17, 15) is 4.79 Å². The van der Waals surface area contributed by atoms with Crippen molar-refractivity contribution in [2.45, 2.75) is 57.2 Å². The number of hydrogen-bond acceptors (Lipinski definition) is 3. The van der Waals surface area contributed by atoms with E-state index in [4.69, 9.17) is 11.6 Å². The molecule has 0 spiro atoms. The molecule has 5 heteroatoms. The molecule has 2 aromatic rings. The maximum Gasteiger partial charge on any atom is 0.260 e. The molecule has 0 fully saturated rings. The van der Waals surface area contributed by atoms with E-state index < -0.39 is 0 Å². The van der Waals surface area contributed by atoms with Crippen molar-refractivity contribution in [2.75, 3.05) is 0 Å². The van der Waals surface area contributed by atoms with Crippen LogP contribution in [0.4, 0.5) is 0 Å². The molecule has 0 aliphatic heterocycles. The smallest absolute Gasteiger partial charge is 0.260 e. The number of hydrogen-bond donors (Lipinski definition) is 1. The van der Waals surface area contributed by atoms with E-state index in [0.717, 1.165) is 29.5 Å². The van der Waals surface area contributed by atoms with Crippen molar-refractivity contribution in [3.63, 3.8) is 0 Å². The molecule has 1 unspecified atom stereocenters. The molecule has 3 rings (SSSR count). The monoisotopic (exact) mass is 310 g/mol. The molecule has 20 heavy (non-hydrogen) atoms. The molecule has 0 saturated carbocycles. The highest BCUT2D eigenvalue weighted by molar-refractivity contribution is 7.18. The largest absolute Gasteiger partial charge is 0.309 e. The van der Waals surface area contributed by atoms with Crippen molar-refractivity contribution in [1.29, 1.82) is 0 Å². The van der Waals surface area contributed by atoms with Gasteiger partial charge in [0.1, 0.15) is 10.7 Å². The van der Waals surface area contributed by atoms with Gasteiger partial charge in [-0.25, -0.2) is 4.98 Å². The van der Waals surface area contributed by atoms with Crippen LogP contribution in [0.5, 0.6) is 0 Å². The van der Waals surface area contributed by atoms with Crippen LogP contribution in [0, 0.1) is 0 Å². The van der Waals surface area contributed by atoms with Crippen LogP contribution in [-0.2, 0) is 11.8 Å². The number of aromatic nitrogens is 2. The van der Waals surface area contributed by atoms with E-state index in [0.29, 0.717) is 5.82 Å². The van der Waals surface area contributed by atoms with Crippen molar-refractivity contribution in [2.24, 2.45) is 0 Å². The van der Waals surface area contributed by atoms with Gasteiger partial charge >= 0.3 is 0 Å². The molecule has 0 bridgehead atoms. The lowest BCUT2D eigenvalue weighted by Gasteiger charge is -2.30. The summed E-state index contributed by atoms with van der Waals surface area (Å²) in [6, 6.07) is 0. The molecular weight excluding hydrogens is 292 g/mol. The van der Waals surface area contributed by atoms with Crippen molar-refractivity contribution in [1.82, 2.24) is 9.97 Å². The first kappa shape index (κ1) is 14.1. The summed E-state index contributed by atoms with van der Waals surface area (Å²) < 4.78 is 0. The molecule has 1 aliphatic rings. The summed E-state index contributed by atoms with van der Waals surface area (Å²) in [5, 5.41) is 0.567. The quantitative estimate of drug-likeness (QED) is 0.841. The van der Waals surface area contributed by atoms with E-state index in [1.165, 1.54) is 16.9 Å². The predicted octanol–water partition coefficient (Wildman–Crippen LogP) is 4.29. The average Bonchev–Trinajstić information content (AvgIpc) is 2.77. The lowest BCUT2D eigenvalue weighted by molar-refractivity contribution is 0.439. The number of H-pyrrole nitrogens is 1. The van der Waals surface area contributed by atoms with Gasteiger partial charge in [-0.2, -0.15) is 0 Å². The Labute approximate surface area is 127 Å². The molecule has 2 aromatic heterocycles. The van der Waals surface area contributed by atoms with Gasteiger partial charge in [0.15, 0.2) is 0 Å². The summed E-state index contributed by atoms with van der Waals surface area (Å²) >= 11 is 7.89. The first-order chi connectivity index (χ1) is 9.44. The normalized spacial score (nSPS) is 19.0. The van der Waals surface area contributed by atoms with E-state index in [-0.39, 0.29) is 16.4 Å². The molecular formula is C15H19ClN2OS. The van der Waals surface area contributed by atoms with Gasteiger partial charge in [0.2, 0.25) is 0 Å². The maximum atomic E-state index is 12.5. The van der Waals surface area contributed by atoms with Crippen LogP contribution < -0.4 is 5.56 Å². The van der Waals surface area contributed by atoms with Crippen LogP contribution in [0.1, 0.15) is 61.7 Å². The van der Waals surface area contributed by atoms with Crippen LogP contribution in [-0.4, -0.2) is 9.97 Å². The molecule has 1 aliphatic carbocycles. The molecule has 3 nitrogen and oxygen atoms in total. The van der Waals surface area contributed by atoms with Crippen LogP contribution >= 0.6 is 22.9 Å². The van der Waals surface area contributed by atoms with E-state index in [2.05, 4.69) is 23.8 Å². The van der Waals surface area contributed by atoms with Gasteiger partial charge in [0.25, 0.3) is 5.56 Å². The third-order valence-corrected chi connectivity index (χ3v) is 5.85. The predicted molar refractivity (Wildman–Crippen MR) is 85.1 cm³/mol. The van der Waals surface area contributed by atoms with Gasteiger partial charge in [-0.1, -0.05) is 20.8 Å². The SMILES string of the molecule is CCC(Cl)c1nc2sc3c(c2c(=O)[nH]1)C(C)(C)CCC3. The summed E-state index contributed by atoms with van der Waals surface area (Å²) in [5.74, 6) is 0.600. The van der Waals surface area contributed by atoms with Gasteiger partial charge < -0.3 is 4.98 Å². The first-order valence-electron chi connectivity index (χ1n) is 7.14. The zero-order chi connectivity index (χ0) is 14.5. The van der Waals surface area contributed by atoms with E-state index in [1.807, 2.05) is 6.92 Å². The summed E-state index contributed by atoms with van der Waals surface area (Å²) in [7, 11) is 0. The second-order valence-corrected chi connectivity index (χ2v) is 7.76. The molecule has 0 amide bonds. The number of fused-ring (bicyclic) bond motifs is 3. The Bertz CT molecular complexity index is 716. The molecule has 0 aromatic carbocycles. The second-order valence-electron chi connectivity index (χ2n) is 6.14. The number of alkyl halides is 1. The van der Waals surface area contributed by atoms with Crippen LogP contribution in [0.3, 0.4) is 0 Å². The zero-order valence-corrected chi connectivity index (χ0v) is 13.6. The molecule has 108 valence electrons. The number of aromatic amines is 1. The van der Waals surface area contributed by atoms with Crippen molar-refractivity contribution in [3.8, 4) is 0 Å². The maximum absolute atomic E-state index is 12.5. The number of halogens is 1. The lowest BCUT2D eigenvalue weighted by Crippen LogP contribution is -2.25. The van der Waals surface area contributed by atoms with Gasteiger partial charge in [-0.15, -0.1) is 22.9 Å². The first-order valence-corrected chi connectivity index (χ1v) is 8.39. The molecule has 2 heterocycles. The summed E-state index contributed by atoms with van der Waals surface area (Å²) in [6.45, 7) is 6.44. The highest BCUT2D eigenvalue weighted by Crippen LogP contribution is 2.44. The number of thiophene rings is 1. The summed E-state index contributed by atoms with van der Waals surface area (Å²) in [5.41, 5.74) is 1.25. The van der Waals surface area contributed by atoms with E-state index >= 15 is 0 Å². The minimum atomic E-state index is -0.223. The Morgan fingerprint density at radius 3 is 2.95 bits per heavy atom. The fourth-order valence-electron chi connectivity index (χ4n) is 3.12. The fourth-order valence-corrected chi connectivity index (χ4v) is 4.62. The topological polar surface area (TPSA) is 45.8 Å². The Kier molecular flexibility index (Phi) is 3.41. The van der Waals surface area contributed by atoms with E-state index in [1.54, 1.807) is 11.3 Å². The van der Waals surface area contributed by atoms with Gasteiger partial charge in [0, 0.05) is 4.88 Å². The minimum Gasteiger partial charge on any atom is -0.309 e. The van der Waals surface area contributed by atoms with Gasteiger partial charge in [0.05, 0.1) is 10.8 Å². The Morgan fingerprint density at radius 2 is 2.25 bits per heavy atom. The number of nitrogens with one attached hydrogen (secondary N) is 1.